The molecule has 1 aromatic heterocycles. The number of nitrogens with one attached hydrogen (secondary N) is 1. The Kier molecular flexibility index (Phi) is 7.73. The van der Waals surface area contributed by atoms with Gasteiger partial charge in [-0.1, -0.05) is 18.2 Å². The molecule has 0 fully saturated rings. The molecule has 2 rings (SSSR count). The summed E-state index contributed by atoms with van der Waals surface area (Å²) in [5.41, 5.74) is 2.36. The average Bonchev–Trinajstić information content (AvgIpc) is 3.03. The molecule has 6 heteroatoms. The Morgan fingerprint density at radius 3 is 2.60 bits per heavy atom. The molecule has 0 saturated carbocycles. The van der Waals surface area contributed by atoms with E-state index in [4.69, 9.17) is 0 Å². The van der Waals surface area contributed by atoms with Crippen LogP contribution >= 0.6 is 11.3 Å². The topological polar surface area (TPSA) is 43.8 Å². The number of rotatable bonds is 8. The van der Waals surface area contributed by atoms with Crippen molar-refractivity contribution in [2.24, 2.45) is 4.99 Å². The van der Waals surface area contributed by atoms with Crippen LogP contribution in [0.4, 0.5) is 5.69 Å². The lowest BCUT2D eigenvalue weighted by molar-refractivity contribution is 0.469. The van der Waals surface area contributed by atoms with Crippen LogP contribution in [0.15, 0.2) is 40.7 Å². The summed E-state index contributed by atoms with van der Waals surface area (Å²) in [6.45, 7) is 4.79. The first-order valence-corrected chi connectivity index (χ1v) is 9.57. The van der Waals surface area contributed by atoms with Crippen LogP contribution < -0.4 is 10.2 Å². The number of hydrogen-bond donors (Lipinski definition) is 1. The zero-order valence-corrected chi connectivity index (χ0v) is 16.5. The molecule has 1 heterocycles. The van der Waals surface area contributed by atoms with Crippen LogP contribution in [0.3, 0.4) is 0 Å². The van der Waals surface area contributed by atoms with Gasteiger partial charge in [0.25, 0.3) is 0 Å². The first kappa shape index (κ1) is 19.2. The second kappa shape index (κ2) is 10.0. The highest BCUT2D eigenvalue weighted by atomic mass is 32.1. The maximum Gasteiger partial charge on any atom is 0.193 e. The lowest BCUT2D eigenvalue weighted by atomic mass is 10.2. The second-order valence-electron chi connectivity index (χ2n) is 6.15. The van der Waals surface area contributed by atoms with Crippen molar-refractivity contribution < 1.29 is 0 Å². The molecule has 0 bridgehead atoms. The fourth-order valence-electron chi connectivity index (χ4n) is 2.67. The van der Waals surface area contributed by atoms with Crippen LogP contribution in [-0.4, -0.2) is 50.1 Å². The van der Waals surface area contributed by atoms with Crippen LogP contribution in [0, 0.1) is 6.92 Å². The number of aliphatic imine (C=N–C) groups is 1. The van der Waals surface area contributed by atoms with Crippen LogP contribution in [0.2, 0.25) is 0 Å². The van der Waals surface area contributed by atoms with Gasteiger partial charge in [-0.25, -0.2) is 4.98 Å². The van der Waals surface area contributed by atoms with E-state index in [1.165, 1.54) is 5.69 Å². The van der Waals surface area contributed by atoms with Gasteiger partial charge in [-0.3, -0.25) is 4.99 Å². The monoisotopic (exact) mass is 359 g/mol. The first-order chi connectivity index (χ1) is 12.1. The van der Waals surface area contributed by atoms with Gasteiger partial charge in [0, 0.05) is 45.3 Å². The molecule has 5 nitrogen and oxygen atoms in total. The van der Waals surface area contributed by atoms with Crippen molar-refractivity contribution in [2.45, 2.75) is 26.3 Å². The number of aromatic nitrogens is 1. The van der Waals surface area contributed by atoms with E-state index in [0.29, 0.717) is 0 Å². The van der Waals surface area contributed by atoms with Crippen molar-refractivity contribution in [3.63, 3.8) is 0 Å². The van der Waals surface area contributed by atoms with Gasteiger partial charge in [-0.15, -0.1) is 11.3 Å². The van der Waals surface area contributed by atoms with Gasteiger partial charge >= 0.3 is 0 Å². The summed E-state index contributed by atoms with van der Waals surface area (Å²) in [7, 11) is 6.02. The minimum atomic E-state index is 0.779. The molecule has 0 saturated heterocycles. The SMILES string of the molecule is CN=C(NCCCCN(C)c1ccccc1)N(C)Cc1csc(C)n1. The van der Waals surface area contributed by atoms with Gasteiger partial charge in [0.2, 0.25) is 0 Å². The summed E-state index contributed by atoms with van der Waals surface area (Å²) in [5.74, 6) is 0.919. The van der Waals surface area contributed by atoms with E-state index >= 15 is 0 Å². The fraction of sp³-hybridized carbons (Fsp3) is 0.474. The zero-order chi connectivity index (χ0) is 18.1. The molecule has 0 aliphatic heterocycles. The normalized spacial score (nSPS) is 11.4. The molecule has 0 spiro atoms. The molecule has 0 amide bonds. The van der Waals surface area contributed by atoms with E-state index in [-0.39, 0.29) is 0 Å². The van der Waals surface area contributed by atoms with Crippen molar-refractivity contribution in [2.75, 3.05) is 39.1 Å². The molecule has 25 heavy (non-hydrogen) atoms. The molecule has 0 unspecified atom stereocenters. The molecule has 2 aromatic rings. The predicted molar refractivity (Wildman–Crippen MR) is 109 cm³/mol. The van der Waals surface area contributed by atoms with Crippen LogP contribution in [-0.2, 0) is 6.54 Å². The van der Waals surface area contributed by atoms with Gasteiger partial charge in [-0.2, -0.15) is 0 Å². The number of unbranched alkanes of at least 4 members (excludes halogenated alkanes) is 1. The Morgan fingerprint density at radius 2 is 1.96 bits per heavy atom. The highest BCUT2D eigenvalue weighted by molar-refractivity contribution is 7.09. The number of aryl methyl sites for hydroxylation is 1. The van der Waals surface area contributed by atoms with Gasteiger partial charge in [0.05, 0.1) is 17.2 Å². The van der Waals surface area contributed by atoms with Crippen molar-refractivity contribution in [1.29, 1.82) is 0 Å². The van der Waals surface area contributed by atoms with Gasteiger partial charge in [0.15, 0.2) is 5.96 Å². The van der Waals surface area contributed by atoms with E-state index in [2.05, 4.69) is 67.9 Å². The molecule has 1 N–H and O–H groups in total. The molecule has 1 aromatic carbocycles. The van der Waals surface area contributed by atoms with Crippen molar-refractivity contribution in [3.05, 3.63) is 46.4 Å². The number of hydrogen-bond acceptors (Lipinski definition) is 4. The summed E-state index contributed by atoms with van der Waals surface area (Å²) in [6, 6.07) is 10.5. The Bertz CT molecular complexity index is 653. The van der Waals surface area contributed by atoms with Gasteiger partial charge < -0.3 is 15.1 Å². The largest absolute Gasteiger partial charge is 0.375 e. The highest BCUT2D eigenvalue weighted by Crippen LogP contribution is 2.11. The van der Waals surface area contributed by atoms with E-state index < -0.39 is 0 Å². The first-order valence-electron chi connectivity index (χ1n) is 8.69. The van der Waals surface area contributed by atoms with Gasteiger partial charge in [-0.05, 0) is 31.9 Å². The van der Waals surface area contributed by atoms with E-state index in [1.54, 1.807) is 11.3 Å². The van der Waals surface area contributed by atoms with Crippen molar-refractivity contribution in [3.8, 4) is 0 Å². The Balaban J connectivity index is 1.67. The van der Waals surface area contributed by atoms with Crippen molar-refractivity contribution in [1.82, 2.24) is 15.2 Å². The maximum atomic E-state index is 4.51. The number of thiazole rings is 1. The molecule has 0 radical (unpaired) electrons. The Morgan fingerprint density at radius 1 is 1.20 bits per heavy atom. The summed E-state index contributed by atoms with van der Waals surface area (Å²) in [4.78, 5) is 13.3. The maximum absolute atomic E-state index is 4.51. The van der Waals surface area contributed by atoms with E-state index in [1.807, 2.05) is 21.0 Å². The van der Waals surface area contributed by atoms with Crippen LogP contribution in [0.5, 0.6) is 0 Å². The molecule has 0 aliphatic rings. The minimum Gasteiger partial charge on any atom is -0.375 e. The summed E-state index contributed by atoms with van der Waals surface area (Å²) < 4.78 is 0. The fourth-order valence-corrected chi connectivity index (χ4v) is 3.27. The Hall–Kier alpha value is -2.08. The van der Waals surface area contributed by atoms with Gasteiger partial charge in [0.1, 0.15) is 0 Å². The summed E-state index contributed by atoms with van der Waals surface area (Å²) in [6.07, 6.45) is 2.25. The quantitative estimate of drug-likeness (QED) is 0.446. The number of guanidine groups is 1. The molecule has 0 atom stereocenters. The zero-order valence-electron chi connectivity index (χ0n) is 15.7. The summed E-state index contributed by atoms with van der Waals surface area (Å²) >= 11 is 1.69. The number of nitrogens with zero attached hydrogens (tertiary/aromatic N) is 4. The Labute approximate surface area is 155 Å². The number of anilines is 1. The van der Waals surface area contributed by atoms with Crippen molar-refractivity contribution >= 4 is 23.0 Å². The summed E-state index contributed by atoms with van der Waals surface area (Å²) in [5, 5.41) is 6.66. The minimum absolute atomic E-state index is 0.779. The standard InChI is InChI=1S/C19H29N5S/c1-16-22-17(15-25-16)14-24(4)19(20-2)21-12-8-9-13-23(3)18-10-6-5-7-11-18/h5-7,10-11,15H,8-9,12-14H2,1-4H3,(H,20,21). The number of benzene rings is 1. The second-order valence-corrected chi connectivity index (χ2v) is 7.21. The van der Waals surface area contributed by atoms with Crippen LogP contribution in [0.1, 0.15) is 23.5 Å². The molecular formula is C19H29N5S. The smallest absolute Gasteiger partial charge is 0.193 e. The van der Waals surface area contributed by atoms with E-state index in [0.717, 1.165) is 49.1 Å². The van der Waals surface area contributed by atoms with Crippen LogP contribution in [0.25, 0.3) is 0 Å². The predicted octanol–water partition coefficient (Wildman–Crippen LogP) is 3.38. The third kappa shape index (κ3) is 6.38. The molecular weight excluding hydrogens is 330 g/mol. The lowest BCUT2D eigenvalue weighted by Gasteiger charge is -2.22. The highest BCUT2D eigenvalue weighted by Gasteiger charge is 2.08. The molecule has 136 valence electrons. The lowest BCUT2D eigenvalue weighted by Crippen LogP contribution is -2.39. The van der Waals surface area contributed by atoms with E-state index in [9.17, 15) is 0 Å². The third-order valence-electron chi connectivity index (χ3n) is 4.04. The average molecular weight is 360 g/mol. The molecule has 0 aliphatic carbocycles. The third-order valence-corrected chi connectivity index (χ3v) is 4.86. The number of para-hydroxylation sites is 1.